The van der Waals surface area contributed by atoms with Crippen molar-refractivity contribution in [1.82, 2.24) is 0 Å². The number of hydrogen-bond acceptors (Lipinski definition) is 2. The van der Waals surface area contributed by atoms with Crippen LogP contribution in [-0.2, 0) is 4.79 Å². The third-order valence-corrected chi connectivity index (χ3v) is 3.24. The molecular weight excluding hydrogens is 180 g/mol. The Bertz CT molecular complexity index is 191. The van der Waals surface area contributed by atoms with Crippen LogP contribution in [0.3, 0.4) is 0 Å². The summed E-state index contributed by atoms with van der Waals surface area (Å²) < 4.78 is 0. The van der Waals surface area contributed by atoms with Crippen LogP contribution in [0.25, 0.3) is 0 Å². The highest BCUT2D eigenvalue weighted by molar-refractivity contribution is 5.68. The van der Waals surface area contributed by atoms with Crippen molar-refractivity contribution in [2.24, 2.45) is 5.92 Å². The van der Waals surface area contributed by atoms with Gasteiger partial charge in [-0.05, 0) is 25.7 Å². The van der Waals surface area contributed by atoms with E-state index < -0.39 is 11.6 Å². The first-order chi connectivity index (χ1) is 6.52. The number of rotatable bonds is 3. The van der Waals surface area contributed by atoms with Crippen LogP contribution in [0.2, 0.25) is 0 Å². The Kier molecular flexibility index (Phi) is 3.93. The molecular formula is C11H20O3. The van der Waals surface area contributed by atoms with Crippen molar-refractivity contribution in [1.29, 1.82) is 0 Å². The molecule has 1 aliphatic carbocycles. The summed E-state index contributed by atoms with van der Waals surface area (Å²) in [6, 6.07) is 0. The molecule has 0 aromatic heterocycles. The molecule has 0 radical (unpaired) electrons. The maximum Gasteiger partial charge on any atom is 0.306 e. The zero-order valence-electron chi connectivity index (χ0n) is 8.83. The molecule has 1 aliphatic rings. The molecule has 0 heterocycles. The van der Waals surface area contributed by atoms with Gasteiger partial charge in [-0.1, -0.05) is 25.7 Å². The molecule has 0 aromatic carbocycles. The fourth-order valence-electron chi connectivity index (χ4n) is 2.35. The third kappa shape index (κ3) is 3.29. The van der Waals surface area contributed by atoms with E-state index in [9.17, 15) is 9.90 Å². The second-order valence-electron chi connectivity index (χ2n) is 4.62. The number of aliphatic hydroxyl groups is 1. The summed E-state index contributed by atoms with van der Waals surface area (Å²) >= 11 is 0. The van der Waals surface area contributed by atoms with E-state index in [-0.39, 0.29) is 12.3 Å². The van der Waals surface area contributed by atoms with Crippen molar-refractivity contribution < 1.29 is 15.0 Å². The average Bonchev–Trinajstić information content (AvgIpc) is 2.28. The summed E-state index contributed by atoms with van der Waals surface area (Å²) in [5.74, 6) is -0.736. The zero-order valence-corrected chi connectivity index (χ0v) is 8.83. The minimum atomic E-state index is -1.02. The summed E-state index contributed by atoms with van der Waals surface area (Å²) in [4.78, 5) is 10.6. The minimum absolute atomic E-state index is 0.127. The number of carbonyl (C=O) groups is 1. The topological polar surface area (TPSA) is 57.5 Å². The molecule has 0 bridgehead atoms. The molecule has 1 atom stereocenters. The molecule has 2 N–H and O–H groups in total. The normalized spacial score (nSPS) is 23.9. The van der Waals surface area contributed by atoms with Crippen molar-refractivity contribution in [3.05, 3.63) is 0 Å². The van der Waals surface area contributed by atoms with Crippen LogP contribution >= 0.6 is 0 Å². The van der Waals surface area contributed by atoms with Gasteiger partial charge in [0, 0.05) is 0 Å². The molecule has 1 rings (SSSR count). The SMILES string of the molecule is CC(O)(CC(=O)O)C1CCCCCC1. The van der Waals surface area contributed by atoms with E-state index in [4.69, 9.17) is 5.11 Å². The lowest BCUT2D eigenvalue weighted by atomic mass is 9.81. The molecule has 0 aliphatic heterocycles. The first-order valence-electron chi connectivity index (χ1n) is 5.46. The van der Waals surface area contributed by atoms with Gasteiger partial charge in [0.25, 0.3) is 0 Å². The summed E-state index contributed by atoms with van der Waals surface area (Å²) in [6.07, 6.45) is 6.51. The molecule has 1 saturated carbocycles. The molecule has 82 valence electrons. The minimum Gasteiger partial charge on any atom is -0.481 e. The van der Waals surface area contributed by atoms with Crippen molar-refractivity contribution in [2.45, 2.75) is 57.5 Å². The standard InChI is InChI=1S/C11H20O3/c1-11(14,8-10(12)13)9-6-4-2-3-5-7-9/h9,14H,2-8H2,1H3,(H,12,13). The smallest absolute Gasteiger partial charge is 0.306 e. The van der Waals surface area contributed by atoms with Crippen molar-refractivity contribution >= 4 is 5.97 Å². The molecule has 0 spiro atoms. The van der Waals surface area contributed by atoms with Gasteiger partial charge in [0.05, 0.1) is 12.0 Å². The number of aliphatic carboxylic acids is 1. The Morgan fingerprint density at radius 2 is 1.79 bits per heavy atom. The van der Waals surface area contributed by atoms with Crippen LogP contribution in [-0.4, -0.2) is 21.8 Å². The summed E-state index contributed by atoms with van der Waals surface area (Å²) in [7, 11) is 0. The van der Waals surface area contributed by atoms with Gasteiger partial charge in [-0.25, -0.2) is 0 Å². The molecule has 1 unspecified atom stereocenters. The Hall–Kier alpha value is -0.570. The highest BCUT2D eigenvalue weighted by atomic mass is 16.4. The summed E-state index contributed by atoms with van der Waals surface area (Å²) in [6.45, 7) is 1.66. The van der Waals surface area contributed by atoms with Gasteiger partial charge in [0.1, 0.15) is 0 Å². The van der Waals surface area contributed by atoms with Crippen LogP contribution in [0.1, 0.15) is 51.9 Å². The zero-order chi connectivity index (χ0) is 10.6. The van der Waals surface area contributed by atoms with Gasteiger partial charge in [-0.2, -0.15) is 0 Å². The molecule has 14 heavy (non-hydrogen) atoms. The van der Waals surface area contributed by atoms with Gasteiger partial charge >= 0.3 is 5.97 Å². The number of carboxylic acids is 1. The Labute approximate surface area is 85.1 Å². The van der Waals surface area contributed by atoms with E-state index in [1.165, 1.54) is 12.8 Å². The fourth-order valence-corrected chi connectivity index (χ4v) is 2.35. The van der Waals surface area contributed by atoms with Crippen molar-refractivity contribution in [2.75, 3.05) is 0 Å². The number of hydrogen-bond donors (Lipinski definition) is 2. The van der Waals surface area contributed by atoms with Gasteiger partial charge in [0.2, 0.25) is 0 Å². The first kappa shape index (κ1) is 11.5. The first-order valence-corrected chi connectivity index (χ1v) is 5.46. The summed E-state index contributed by atoms with van der Waals surface area (Å²) in [5.41, 5.74) is -1.02. The summed E-state index contributed by atoms with van der Waals surface area (Å²) in [5, 5.41) is 18.7. The molecule has 3 nitrogen and oxygen atoms in total. The predicted molar refractivity (Wildman–Crippen MR) is 54.1 cm³/mol. The van der Waals surface area contributed by atoms with Crippen LogP contribution < -0.4 is 0 Å². The lowest BCUT2D eigenvalue weighted by molar-refractivity contribution is -0.144. The van der Waals surface area contributed by atoms with E-state index in [2.05, 4.69) is 0 Å². The van der Waals surface area contributed by atoms with E-state index in [1.54, 1.807) is 6.92 Å². The van der Waals surface area contributed by atoms with Crippen molar-refractivity contribution in [3.63, 3.8) is 0 Å². The molecule has 0 saturated heterocycles. The predicted octanol–water partition coefficient (Wildman–Crippen LogP) is 2.18. The van der Waals surface area contributed by atoms with E-state index in [1.807, 2.05) is 0 Å². The maximum absolute atomic E-state index is 10.6. The average molecular weight is 200 g/mol. The van der Waals surface area contributed by atoms with Crippen molar-refractivity contribution in [3.8, 4) is 0 Å². The second kappa shape index (κ2) is 4.78. The van der Waals surface area contributed by atoms with Gasteiger partial charge < -0.3 is 10.2 Å². The third-order valence-electron chi connectivity index (χ3n) is 3.24. The Morgan fingerprint density at radius 3 is 2.21 bits per heavy atom. The van der Waals surface area contributed by atoms with Gasteiger partial charge in [-0.15, -0.1) is 0 Å². The second-order valence-corrected chi connectivity index (χ2v) is 4.62. The lowest BCUT2D eigenvalue weighted by Crippen LogP contribution is -2.36. The van der Waals surface area contributed by atoms with Crippen LogP contribution in [0, 0.1) is 5.92 Å². The molecule has 3 heteroatoms. The quantitative estimate of drug-likeness (QED) is 0.686. The highest BCUT2D eigenvalue weighted by Gasteiger charge is 2.33. The Balaban J connectivity index is 2.54. The molecule has 0 aromatic rings. The van der Waals surface area contributed by atoms with Crippen LogP contribution in [0.4, 0.5) is 0 Å². The Morgan fingerprint density at radius 1 is 1.29 bits per heavy atom. The monoisotopic (exact) mass is 200 g/mol. The largest absolute Gasteiger partial charge is 0.481 e. The van der Waals surface area contributed by atoms with E-state index >= 15 is 0 Å². The lowest BCUT2D eigenvalue weighted by Gasteiger charge is -2.30. The fraction of sp³-hybridized carbons (Fsp3) is 0.909. The highest BCUT2D eigenvalue weighted by Crippen LogP contribution is 2.33. The van der Waals surface area contributed by atoms with Crippen LogP contribution in [0.15, 0.2) is 0 Å². The van der Waals surface area contributed by atoms with E-state index in [0.29, 0.717) is 0 Å². The number of carboxylic acid groups (broad SMARTS) is 1. The molecule has 1 fully saturated rings. The molecule has 0 amide bonds. The maximum atomic E-state index is 10.6. The van der Waals surface area contributed by atoms with E-state index in [0.717, 1.165) is 25.7 Å². The van der Waals surface area contributed by atoms with Crippen LogP contribution in [0.5, 0.6) is 0 Å². The van der Waals surface area contributed by atoms with Gasteiger partial charge in [0.15, 0.2) is 0 Å². The van der Waals surface area contributed by atoms with Gasteiger partial charge in [-0.3, -0.25) is 4.79 Å².